The lowest BCUT2D eigenvalue weighted by Gasteiger charge is -2.33. The summed E-state index contributed by atoms with van der Waals surface area (Å²) in [5, 5.41) is 0. The minimum atomic E-state index is -0.0160. The Kier molecular flexibility index (Phi) is 4.91. The Labute approximate surface area is 157 Å². The Balaban J connectivity index is 1.40. The highest BCUT2D eigenvalue weighted by Gasteiger charge is 2.21. The van der Waals surface area contributed by atoms with Gasteiger partial charge in [-0.1, -0.05) is 0 Å². The predicted octanol–water partition coefficient (Wildman–Crippen LogP) is 2.32. The number of rotatable bonds is 4. The van der Waals surface area contributed by atoms with E-state index in [1.807, 2.05) is 25.1 Å². The van der Waals surface area contributed by atoms with E-state index in [1.54, 1.807) is 35.6 Å². The first-order valence-corrected chi connectivity index (χ1v) is 9.20. The van der Waals surface area contributed by atoms with E-state index < -0.39 is 0 Å². The number of aromatic nitrogens is 5. The third-order valence-electron chi connectivity index (χ3n) is 4.99. The van der Waals surface area contributed by atoms with Crippen LogP contribution in [0.5, 0.6) is 0 Å². The Morgan fingerprint density at radius 1 is 1.15 bits per heavy atom. The third kappa shape index (κ3) is 4.02. The molecule has 1 aliphatic rings. The Morgan fingerprint density at radius 3 is 2.70 bits per heavy atom. The third-order valence-corrected chi connectivity index (χ3v) is 4.99. The summed E-state index contributed by atoms with van der Waals surface area (Å²) >= 11 is 0. The van der Waals surface area contributed by atoms with Crippen LogP contribution in [0.1, 0.15) is 18.7 Å². The van der Waals surface area contributed by atoms with Crippen LogP contribution in [0.3, 0.4) is 0 Å². The van der Waals surface area contributed by atoms with Crippen molar-refractivity contribution in [2.24, 2.45) is 5.92 Å². The fourth-order valence-corrected chi connectivity index (χ4v) is 3.48. The topological polar surface area (TPSA) is 76.8 Å². The maximum atomic E-state index is 12.5. The van der Waals surface area contributed by atoms with Gasteiger partial charge < -0.3 is 4.90 Å². The van der Waals surface area contributed by atoms with Gasteiger partial charge in [-0.25, -0.2) is 15.0 Å². The molecule has 0 aromatic carbocycles. The second-order valence-electron chi connectivity index (χ2n) is 6.90. The molecule has 0 bridgehead atoms. The maximum Gasteiger partial charge on any atom is 0.253 e. The van der Waals surface area contributed by atoms with Gasteiger partial charge in [0.05, 0.1) is 12.0 Å². The summed E-state index contributed by atoms with van der Waals surface area (Å²) in [5.74, 6) is 2.24. The Hall–Kier alpha value is -3.09. The van der Waals surface area contributed by atoms with Crippen LogP contribution < -0.4 is 10.5 Å². The molecular formula is C20H22N6O. The standard InChI is InChI=1S/C20H22N6O/c1-15-22-8-4-19(24-15)25-9-5-16(6-10-25)13-26-14-23-18(11-20(26)27)17-3-2-7-21-12-17/h2-4,7-8,11-12,14,16H,5-6,9-10,13H2,1H3. The van der Waals surface area contributed by atoms with Crippen molar-refractivity contribution in [3.63, 3.8) is 0 Å². The van der Waals surface area contributed by atoms with E-state index in [-0.39, 0.29) is 5.56 Å². The lowest BCUT2D eigenvalue weighted by molar-refractivity contribution is 0.350. The normalized spacial score (nSPS) is 15.1. The van der Waals surface area contributed by atoms with E-state index in [0.717, 1.165) is 43.1 Å². The van der Waals surface area contributed by atoms with Crippen molar-refractivity contribution >= 4 is 5.82 Å². The fourth-order valence-electron chi connectivity index (χ4n) is 3.48. The number of pyridine rings is 1. The molecule has 0 N–H and O–H groups in total. The van der Waals surface area contributed by atoms with Crippen molar-refractivity contribution in [2.45, 2.75) is 26.3 Å². The molecule has 0 spiro atoms. The van der Waals surface area contributed by atoms with Crippen molar-refractivity contribution in [3.05, 3.63) is 65.4 Å². The molecule has 7 nitrogen and oxygen atoms in total. The van der Waals surface area contributed by atoms with Gasteiger partial charge in [0.2, 0.25) is 0 Å². The number of anilines is 1. The van der Waals surface area contributed by atoms with Crippen LogP contribution in [0.25, 0.3) is 11.3 Å². The zero-order valence-corrected chi connectivity index (χ0v) is 15.3. The van der Waals surface area contributed by atoms with Crippen molar-refractivity contribution < 1.29 is 0 Å². The van der Waals surface area contributed by atoms with Crippen LogP contribution in [-0.4, -0.2) is 37.6 Å². The molecule has 0 atom stereocenters. The van der Waals surface area contributed by atoms with Gasteiger partial charge in [-0.05, 0) is 43.9 Å². The first-order valence-electron chi connectivity index (χ1n) is 9.20. The summed E-state index contributed by atoms with van der Waals surface area (Å²) < 4.78 is 1.72. The van der Waals surface area contributed by atoms with E-state index in [4.69, 9.17) is 0 Å². The summed E-state index contributed by atoms with van der Waals surface area (Å²) in [6.45, 7) is 4.49. The first kappa shape index (κ1) is 17.3. The van der Waals surface area contributed by atoms with Crippen molar-refractivity contribution in [2.75, 3.05) is 18.0 Å². The molecular weight excluding hydrogens is 340 g/mol. The second kappa shape index (κ2) is 7.65. The molecule has 0 radical (unpaired) electrons. The molecule has 1 fully saturated rings. The van der Waals surface area contributed by atoms with Crippen LogP contribution >= 0.6 is 0 Å². The van der Waals surface area contributed by atoms with Crippen molar-refractivity contribution in [3.8, 4) is 11.3 Å². The molecule has 27 heavy (non-hydrogen) atoms. The zero-order valence-electron chi connectivity index (χ0n) is 15.3. The minimum absolute atomic E-state index is 0.0160. The Bertz CT molecular complexity index is 963. The van der Waals surface area contributed by atoms with Gasteiger partial charge in [-0.2, -0.15) is 0 Å². The molecule has 138 valence electrons. The molecule has 0 unspecified atom stereocenters. The van der Waals surface area contributed by atoms with Gasteiger partial charge in [-0.15, -0.1) is 0 Å². The summed E-state index contributed by atoms with van der Waals surface area (Å²) in [5.41, 5.74) is 1.51. The highest BCUT2D eigenvalue weighted by Crippen LogP contribution is 2.22. The molecule has 3 aromatic heterocycles. The molecule has 4 heterocycles. The van der Waals surface area contributed by atoms with Crippen LogP contribution in [-0.2, 0) is 6.54 Å². The predicted molar refractivity (Wildman–Crippen MR) is 103 cm³/mol. The number of hydrogen-bond donors (Lipinski definition) is 0. The summed E-state index contributed by atoms with van der Waals surface area (Å²) in [6, 6.07) is 7.30. The highest BCUT2D eigenvalue weighted by atomic mass is 16.1. The summed E-state index contributed by atoms with van der Waals surface area (Å²) in [7, 11) is 0. The largest absolute Gasteiger partial charge is 0.356 e. The first-order chi connectivity index (χ1) is 13.2. The number of nitrogens with zero attached hydrogens (tertiary/aromatic N) is 6. The molecule has 0 saturated carbocycles. The lowest BCUT2D eigenvalue weighted by atomic mass is 9.96. The molecule has 3 aromatic rings. The smallest absolute Gasteiger partial charge is 0.253 e. The molecule has 1 saturated heterocycles. The molecule has 0 aliphatic carbocycles. The van der Waals surface area contributed by atoms with Crippen molar-refractivity contribution in [1.29, 1.82) is 0 Å². The minimum Gasteiger partial charge on any atom is -0.356 e. The van der Waals surface area contributed by atoms with Crippen molar-refractivity contribution in [1.82, 2.24) is 24.5 Å². The van der Waals surface area contributed by atoms with Gasteiger partial charge >= 0.3 is 0 Å². The van der Waals surface area contributed by atoms with Gasteiger partial charge in [0.15, 0.2) is 0 Å². The summed E-state index contributed by atoms with van der Waals surface area (Å²) in [6.07, 6.45) is 8.94. The van der Waals surface area contributed by atoms with Crippen LogP contribution in [0.4, 0.5) is 5.82 Å². The van der Waals surface area contributed by atoms with E-state index in [2.05, 4.69) is 24.8 Å². The van der Waals surface area contributed by atoms with Crippen LogP contribution in [0.15, 0.2) is 54.0 Å². The Morgan fingerprint density at radius 2 is 2.00 bits per heavy atom. The number of aryl methyl sites for hydroxylation is 1. The SMILES string of the molecule is Cc1nccc(N2CCC(Cn3cnc(-c4cccnc4)cc3=O)CC2)n1. The monoisotopic (exact) mass is 362 g/mol. The summed E-state index contributed by atoms with van der Waals surface area (Å²) in [4.78, 5) is 32.0. The molecule has 7 heteroatoms. The van der Waals surface area contributed by atoms with Gasteiger partial charge in [0.1, 0.15) is 11.6 Å². The maximum absolute atomic E-state index is 12.5. The number of hydrogen-bond acceptors (Lipinski definition) is 6. The van der Waals surface area contributed by atoms with Gasteiger partial charge in [0, 0.05) is 49.9 Å². The van der Waals surface area contributed by atoms with E-state index in [1.165, 1.54) is 0 Å². The average molecular weight is 362 g/mol. The average Bonchev–Trinajstić information content (AvgIpc) is 2.71. The van der Waals surface area contributed by atoms with Crippen LogP contribution in [0, 0.1) is 12.8 Å². The fraction of sp³-hybridized carbons (Fsp3) is 0.350. The van der Waals surface area contributed by atoms with Gasteiger partial charge in [-0.3, -0.25) is 14.3 Å². The van der Waals surface area contributed by atoms with Gasteiger partial charge in [0.25, 0.3) is 5.56 Å². The molecule has 1 aliphatic heterocycles. The van der Waals surface area contributed by atoms with E-state index in [0.29, 0.717) is 18.2 Å². The zero-order chi connectivity index (χ0) is 18.6. The quantitative estimate of drug-likeness (QED) is 0.709. The van der Waals surface area contributed by atoms with E-state index in [9.17, 15) is 4.79 Å². The molecule has 0 amide bonds. The highest BCUT2D eigenvalue weighted by molar-refractivity contribution is 5.56. The molecule has 4 rings (SSSR count). The second-order valence-corrected chi connectivity index (χ2v) is 6.90. The van der Waals surface area contributed by atoms with Crippen LogP contribution in [0.2, 0.25) is 0 Å². The van der Waals surface area contributed by atoms with E-state index >= 15 is 0 Å². The number of piperidine rings is 1. The lowest BCUT2D eigenvalue weighted by Crippen LogP contribution is -2.36.